The highest BCUT2D eigenvalue weighted by atomic mass is 16.6. The monoisotopic (exact) mass is 737 g/mol. The van der Waals surface area contributed by atoms with Gasteiger partial charge < -0.3 is 14.2 Å². The summed E-state index contributed by atoms with van der Waals surface area (Å²) in [5, 5.41) is 0. The van der Waals surface area contributed by atoms with Crippen molar-refractivity contribution in [2.24, 2.45) is 0 Å². The lowest BCUT2D eigenvalue weighted by Crippen LogP contribution is -2.30. The smallest absolute Gasteiger partial charge is 0.310 e. The van der Waals surface area contributed by atoms with Crippen molar-refractivity contribution < 1.29 is 28.6 Å². The number of carbonyl (C=O) groups is 3. The van der Waals surface area contributed by atoms with Crippen LogP contribution in [-0.2, 0) is 28.6 Å². The molecule has 0 aliphatic heterocycles. The summed E-state index contributed by atoms with van der Waals surface area (Å²) < 4.78 is 16.4. The first-order valence-corrected chi connectivity index (χ1v) is 21.1. The number of carbonyl (C=O) groups excluding carboxylic acids is 3. The molecule has 0 rings (SSSR count). The van der Waals surface area contributed by atoms with Crippen molar-refractivity contribution in [1.29, 1.82) is 0 Å². The van der Waals surface area contributed by atoms with Gasteiger partial charge in [-0.15, -0.1) is 0 Å². The fourth-order valence-corrected chi connectivity index (χ4v) is 5.23. The molecule has 0 radical (unpaired) electrons. The van der Waals surface area contributed by atoms with E-state index in [2.05, 4.69) is 93.7 Å². The Labute approximate surface area is 325 Å². The van der Waals surface area contributed by atoms with Crippen LogP contribution in [0.25, 0.3) is 0 Å². The number of hydrogen-bond donors (Lipinski definition) is 0. The first-order valence-electron chi connectivity index (χ1n) is 21.1. The molecule has 0 aromatic rings. The van der Waals surface area contributed by atoms with Crippen molar-refractivity contribution in [3.63, 3.8) is 0 Å². The second kappa shape index (κ2) is 41.3. The van der Waals surface area contributed by atoms with Gasteiger partial charge in [0.15, 0.2) is 6.10 Å². The number of esters is 3. The number of unbranched alkanes of at least 4 members (excludes halogenated alkanes) is 12. The minimum Gasteiger partial charge on any atom is -0.462 e. The minimum absolute atomic E-state index is 0.0875. The van der Waals surface area contributed by atoms with Crippen molar-refractivity contribution in [2.45, 2.75) is 181 Å². The summed E-state index contributed by atoms with van der Waals surface area (Å²) in [7, 11) is 0. The molecule has 1 atom stereocenters. The molecular formula is C47H76O6. The summed E-state index contributed by atoms with van der Waals surface area (Å²) in [6, 6.07) is 0. The Bertz CT molecular complexity index is 1080. The van der Waals surface area contributed by atoms with Gasteiger partial charge in [-0.1, -0.05) is 157 Å². The van der Waals surface area contributed by atoms with Gasteiger partial charge in [0.1, 0.15) is 13.2 Å². The molecule has 0 aliphatic rings. The number of rotatable bonds is 36. The van der Waals surface area contributed by atoms with E-state index in [1.165, 1.54) is 70.6 Å². The molecular weight excluding hydrogens is 661 g/mol. The Balaban J connectivity index is 4.51. The van der Waals surface area contributed by atoms with E-state index in [9.17, 15) is 14.4 Å². The van der Waals surface area contributed by atoms with Crippen LogP contribution in [0.15, 0.2) is 85.1 Å². The fraction of sp³-hybridized carbons (Fsp3) is 0.638. The molecule has 53 heavy (non-hydrogen) atoms. The third-order valence-electron chi connectivity index (χ3n) is 8.39. The van der Waals surface area contributed by atoms with Crippen molar-refractivity contribution >= 4 is 17.9 Å². The van der Waals surface area contributed by atoms with Crippen molar-refractivity contribution in [1.82, 2.24) is 0 Å². The number of hydrogen-bond acceptors (Lipinski definition) is 6. The molecule has 6 nitrogen and oxygen atoms in total. The van der Waals surface area contributed by atoms with E-state index in [-0.39, 0.29) is 44.4 Å². The Kier molecular flexibility index (Phi) is 38.7. The van der Waals surface area contributed by atoms with Crippen LogP contribution >= 0.6 is 0 Å². The van der Waals surface area contributed by atoms with Crippen LogP contribution < -0.4 is 0 Å². The van der Waals surface area contributed by atoms with E-state index in [0.29, 0.717) is 12.8 Å². The Hall–Kier alpha value is -3.41. The van der Waals surface area contributed by atoms with Gasteiger partial charge in [0.25, 0.3) is 0 Å². The molecule has 1 unspecified atom stereocenters. The summed E-state index contributed by atoms with van der Waals surface area (Å²) >= 11 is 0. The van der Waals surface area contributed by atoms with Gasteiger partial charge >= 0.3 is 17.9 Å². The topological polar surface area (TPSA) is 78.9 Å². The minimum atomic E-state index is -0.853. The van der Waals surface area contributed by atoms with Gasteiger partial charge in [0.2, 0.25) is 0 Å². The first-order chi connectivity index (χ1) is 26.0. The third kappa shape index (κ3) is 39.6. The molecule has 0 saturated heterocycles. The Morgan fingerprint density at radius 3 is 1.28 bits per heavy atom. The van der Waals surface area contributed by atoms with E-state index in [4.69, 9.17) is 14.2 Å². The van der Waals surface area contributed by atoms with Gasteiger partial charge in [0, 0.05) is 12.8 Å². The predicted molar refractivity (Wildman–Crippen MR) is 224 cm³/mol. The van der Waals surface area contributed by atoms with Gasteiger partial charge in [-0.3, -0.25) is 14.4 Å². The van der Waals surface area contributed by atoms with E-state index in [1.54, 1.807) is 6.08 Å². The summed E-state index contributed by atoms with van der Waals surface area (Å²) in [5.41, 5.74) is 0. The summed E-state index contributed by atoms with van der Waals surface area (Å²) in [6.45, 7) is 6.27. The second-order valence-electron chi connectivity index (χ2n) is 13.5. The van der Waals surface area contributed by atoms with Crippen molar-refractivity contribution in [3.05, 3.63) is 85.1 Å². The Morgan fingerprint density at radius 2 is 0.792 bits per heavy atom. The van der Waals surface area contributed by atoms with Gasteiger partial charge in [-0.25, -0.2) is 0 Å². The molecule has 0 N–H and O–H groups in total. The van der Waals surface area contributed by atoms with Crippen LogP contribution in [0.5, 0.6) is 0 Å². The van der Waals surface area contributed by atoms with Crippen LogP contribution in [0.4, 0.5) is 0 Å². The van der Waals surface area contributed by atoms with Crippen LogP contribution in [0.1, 0.15) is 175 Å². The van der Waals surface area contributed by atoms with Crippen LogP contribution in [0, 0.1) is 0 Å². The average Bonchev–Trinajstić information content (AvgIpc) is 3.15. The van der Waals surface area contributed by atoms with E-state index >= 15 is 0 Å². The molecule has 0 spiro atoms. The van der Waals surface area contributed by atoms with Gasteiger partial charge in [0.05, 0.1) is 6.42 Å². The van der Waals surface area contributed by atoms with Crippen LogP contribution in [0.2, 0.25) is 0 Å². The predicted octanol–water partition coefficient (Wildman–Crippen LogP) is 13.3. The van der Waals surface area contributed by atoms with Crippen molar-refractivity contribution in [2.75, 3.05) is 13.2 Å². The number of allylic oxidation sites excluding steroid dienone is 13. The second-order valence-corrected chi connectivity index (χ2v) is 13.5. The highest BCUT2D eigenvalue weighted by molar-refractivity contribution is 5.72. The molecule has 0 aromatic heterocycles. The summed E-state index contributed by atoms with van der Waals surface area (Å²) in [5.74, 6) is -1.17. The van der Waals surface area contributed by atoms with Crippen LogP contribution in [-0.4, -0.2) is 37.2 Å². The largest absolute Gasteiger partial charge is 0.462 e. The highest BCUT2D eigenvalue weighted by Crippen LogP contribution is 2.09. The maximum atomic E-state index is 12.5. The normalized spacial score (nSPS) is 12.9. The summed E-state index contributed by atoms with van der Waals surface area (Å²) in [6.07, 6.45) is 51.9. The SMILES string of the molecule is CC/C=C\C/C=C\C/C=C\CC(=O)OC(COC(=O)CCC/C=C\C/C=C\C/C=C\CCCCCCCC)COC(=O)CCC/C=C\CCCCCC. The molecule has 0 heterocycles. The molecule has 0 fully saturated rings. The lowest BCUT2D eigenvalue weighted by molar-refractivity contribution is -0.166. The third-order valence-corrected chi connectivity index (χ3v) is 8.39. The highest BCUT2D eigenvalue weighted by Gasteiger charge is 2.19. The molecule has 0 saturated carbocycles. The zero-order chi connectivity index (χ0) is 38.7. The standard InChI is InChI=1S/C47H76O6/c1-4-7-10-13-16-19-20-21-22-23-24-25-26-29-31-34-37-40-46(49)52-43-44(53-47(50)41-38-35-32-28-18-15-12-9-6-3)42-51-45(48)39-36-33-30-27-17-14-11-8-5-2/h9,12,18,21-22,24-25,27-31,35,38,44H,4-8,10-11,13-17,19-20,23,26,32-34,36-37,39-43H2,1-3H3/b12-9-,22-21-,25-24-,28-18-,30-27-,31-29-,38-35-. The van der Waals surface area contributed by atoms with Crippen molar-refractivity contribution in [3.8, 4) is 0 Å². The molecule has 0 aliphatic carbocycles. The van der Waals surface area contributed by atoms with E-state index in [1.807, 2.05) is 6.08 Å². The Morgan fingerprint density at radius 1 is 0.415 bits per heavy atom. The maximum Gasteiger partial charge on any atom is 0.310 e. The molecule has 300 valence electrons. The molecule has 0 aromatic carbocycles. The average molecular weight is 737 g/mol. The maximum absolute atomic E-state index is 12.5. The first kappa shape index (κ1) is 49.6. The van der Waals surface area contributed by atoms with Gasteiger partial charge in [-0.05, 0) is 83.5 Å². The lowest BCUT2D eigenvalue weighted by atomic mass is 10.1. The quantitative estimate of drug-likeness (QED) is 0.0276. The number of ether oxygens (including phenoxy) is 3. The summed E-state index contributed by atoms with van der Waals surface area (Å²) in [4.78, 5) is 37.4. The molecule has 0 bridgehead atoms. The zero-order valence-corrected chi connectivity index (χ0v) is 34.0. The molecule has 6 heteroatoms. The van der Waals surface area contributed by atoms with E-state index in [0.717, 1.165) is 51.4 Å². The van der Waals surface area contributed by atoms with E-state index < -0.39 is 12.1 Å². The lowest BCUT2D eigenvalue weighted by Gasteiger charge is -2.18. The fourth-order valence-electron chi connectivity index (χ4n) is 5.23. The molecule has 0 amide bonds. The zero-order valence-electron chi connectivity index (χ0n) is 34.0. The van der Waals surface area contributed by atoms with Gasteiger partial charge in [-0.2, -0.15) is 0 Å². The van der Waals surface area contributed by atoms with Crippen LogP contribution in [0.3, 0.4) is 0 Å².